The predicted octanol–water partition coefficient (Wildman–Crippen LogP) is 3.50. The van der Waals surface area contributed by atoms with Crippen LogP contribution in [-0.2, 0) is 6.54 Å². The number of rotatable bonds is 3. The molecule has 1 aromatic heterocycles. The van der Waals surface area contributed by atoms with Gasteiger partial charge < -0.3 is 5.32 Å². The Balaban J connectivity index is 2.05. The number of aromatic nitrogens is 2. The van der Waals surface area contributed by atoms with Gasteiger partial charge in [-0.2, -0.15) is 0 Å². The van der Waals surface area contributed by atoms with E-state index in [1.165, 1.54) is 6.33 Å². The molecule has 0 radical (unpaired) electrons. The Morgan fingerprint density at radius 1 is 1.38 bits per heavy atom. The third-order valence-electron chi connectivity index (χ3n) is 2.02. The molecule has 2 rings (SSSR count). The van der Waals surface area contributed by atoms with Crippen molar-refractivity contribution >= 4 is 33.3 Å². The van der Waals surface area contributed by atoms with Crippen molar-refractivity contribution < 1.29 is 0 Å². The van der Waals surface area contributed by atoms with Crippen LogP contribution in [0.2, 0.25) is 5.02 Å². The molecule has 2 aromatic rings. The fraction of sp³-hybridized carbons (Fsp3) is 0.0909. The van der Waals surface area contributed by atoms with Crippen LogP contribution in [0.3, 0.4) is 0 Å². The van der Waals surface area contributed by atoms with Crippen LogP contribution in [0.15, 0.2) is 41.3 Å². The quantitative estimate of drug-likeness (QED) is 0.942. The largest absolute Gasteiger partial charge is 0.365 e. The summed E-state index contributed by atoms with van der Waals surface area (Å²) in [4.78, 5) is 8.01. The Hall–Kier alpha value is -1.13. The van der Waals surface area contributed by atoms with Gasteiger partial charge in [0.1, 0.15) is 12.1 Å². The molecule has 3 nitrogen and oxygen atoms in total. The molecule has 0 unspecified atom stereocenters. The van der Waals surface area contributed by atoms with E-state index in [0.717, 1.165) is 20.9 Å². The summed E-state index contributed by atoms with van der Waals surface area (Å²) in [5.41, 5.74) is 1.11. The van der Waals surface area contributed by atoms with Crippen LogP contribution in [-0.4, -0.2) is 9.97 Å². The van der Waals surface area contributed by atoms with E-state index in [-0.39, 0.29) is 0 Å². The summed E-state index contributed by atoms with van der Waals surface area (Å²) in [5, 5.41) is 3.94. The highest BCUT2D eigenvalue weighted by Gasteiger charge is 2.00. The minimum atomic E-state index is 0.677. The van der Waals surface area contributed by atoms with Gasteiger partial charge in [-0.3, -0.25) is 0 Å². The lowest BCUT2D eigenvalue weighted by atomic mass is 10.2. The molecule has 0 aliphatic heterocycles. The molecule has 0 fully saturated rings. The molecule has 0 aliphatic carbocycles. The van der Waals surface area contributed by atoms with Gasteiger partial charge in [0.15, 0.2) is 0 Å². The molecule has 1 aromatic carbocycles. The number of nitrogens with one attached hydrogen (secondary N) is 1. The molecule has 0 aliphatic rings. The second-order valence-corrected chi connectivity index (χ2v) is 4.49. The van der Waals surface area contributed by atoms with Gasteiger partial charge in [0.2, 0.25) is 0 Å². The first-order valence-electron chi connectivity index (χ1n) is 4.69. The minimum Gasteiger partial charge on any atom is -0.365 e. The molecule has 0 amide bonds. The maximum atomic E-state index is 5.90. The van der Waals surface area contributed by atoms with Crippen molar-refractivity contribution in [1.82, 2.24) is 9.97 Å². The number of halogens is 2. The average Bonchev–Trinajstić information content (AvgIpc) is 2.28. The van der Waals surface area contributed by atoms with E-state index in [2.05, 4.69) is 31.2 Å². The first kappa shape index (κ1) is 11.4. The second-order valence-electron chi connectivity index (χ2n) is 3.20. The van der Waals surface area contributed by atoms with Gasteiger partial charge in [-0.05, 0) is 33.6 Å². The molecule has 82 valence electrons. The van der Waals surface area contributed by atoms with Crippen LogP contribution in [0.25, 0.3) is 0 Å². The molecule has 0 bridgehead atoms. The third kappa shape index (κ3) is 2.93. The van der Waals surface area contributed by atoms with E-state index in [4.69, 9.17) is 11.6 Å². The van der Waals surface area contributed by atoms with Crippen molar-refractivity contribution in [2.75, 3.05) is 5.32 Å². The zero-order valence-electron chi connectivity index (χ0n) is 8.32. The van der Waals surface area contributed by atoms with E-state index >= 15 is 0 Å². The summed E-state index contributed by atoms with van der Waals surface area (Å²) in [5.74, 6) is 0.773. The van der Waals surface area contributed by atoms with Gasteiger partial charge in [0.05, 0.1) is 4.47 Å². The van der Waals surface area contributed by atoms with Crippen molar-refractivity contribution in [3.8, 4) is 0 Å². The number of nitrogens with zero attached hydrogens (tertiary/aromatic N) is 2. The maximum absolute atomic E-state index is 5.90. The van der Waals surface area contributed by atoms with Crippen molar-refractivity contribution in [3.63, 3.8) is 0 Å². The standard InChI is InChI=1S/C11H9BrClN3/c12-10-6-14-7-16-11(10)15-5-8-2-1-3-9(13)4-8/h1-4,6-7H,5H2,(H,14,15,16). The highest BCUT2D eigenvalue weighted by molar-refractivity contribution is 9.10. The number of anilines is 1. The van der Waals surface area contributed by atoms with Crippen LogP contribution in [0, 0.1) is 0 Å². The lowest BCUT2D eigenvalue weighted by Crippen LogP contribution is -2.02. The lowest BCUT2D eigenvalue weighted by Gasteiger charge is -2.06. The van der Waals surface area contributed by atoms with Crippen LogP contribution in [0.1, 0.15) is 5.56 Å². The van der Waals surface area contributed by atoms with Crippen molar-refractivity contribution in [2.45, 2.75) is 6.54 Å². The van der Waals surface area contributed by atoms with Crippen LogP contribution in [0.5, 0.6) is 0 Å². The van der Waals surface area contributed by atoms with E-state index < -0.39 is 0 Å². The Morgan fingerprint density at radius 3 is 3.00 bits per heavy atom. The average molecular weight is 299 g/mol. The summed E-state index contributed by atoms with van der Waals surface area (Å²) in [7, 11) is 0. The van der Waals surface area contributed by atoms with Crippen LogP contribution in [0.4, 0.5) is 5.82 Å². The van der Waals surface area contributed by atoms with Gasteiger partial charge in [0.25, 0.3) is 0 Å². The Bertz CT molecular complexity index is 490. The normalized spacial score (nSPS) is 10.1. The number of hydrogen-bond donors (Lipinski definition) is 1. The van der Waals surface area contributed by atoms with Gasteiger partial charge in [0, 0.05) is 17.8 Å². The summed E-state index contributed by atoms with van der Waals surface area (Å²) in [6, 6.07) is 7.71. The summed E-state index contributed by atoms with van der Waals surface area (Å²) in [6.45, 7) is 0.677. The molecule has 0 saturated carbocycles. The van der Waals surface area contributed by atoms with Crippen molar-refractivity contribution in [3.05, 3.63) is 51.8 Å². The smallest absolute Gasteiger partial charge is 0.144 e. The fourth-order valence-corrected chi connectivity index (χ4v) is 1.85. The number of benzene rings is 1. The summed E-state index contributed by atoms with van der Waals surface area (Å²) in [6.07, 6.45) is 3.21. The zero-order valence-corrected chi connectivity index (χ0v) is 10.7. The fourth-order valence-electron chi connectivity index (χ4n) is 1.28. The monoisotopic (exact) mass is 297 g/mol. The van der Waals surface area contributed by atoms with Gasteiger partial charge in [-0.1, -0.05) is 23.7 Å². The predicted molar refractivity (Wildman–Crippen MR) is 68.5 cm³/mol. The van der Waals surface area contributed by atoms with E-state index in [1.54, 1.807) is 6.20 Å². The molecule has 0 saturated heterocycles. The summed E-state index contributed by atoms with van der Waals surface area (Å²) >= 11 is 9.27. The molecule has 0 spiro atoms. The number of hydrogen-bond acceptors (Lipinski definition) is 3. The SMILES string of the molecule is Clc1cccc(CNc2ncncc2Br)c1. The topological polar surface area (TPSA) is 37.8 Å². The van der Waals surface area contributed by atoms with Crippen molar-refractivity contribution in [1.29, 1.82) is 0 Å². The maximum Gasteiger partial charge on any atom is 0.144 e. The van der Waals surface area contributed by atoms with Gasteiger partial charge in [-0.25, -0.2) is 9.97 Å². The Morgan fingerprint density at radius 2 is 2.25 bits per heavy atom. The minimum absolute atomic E-state index is 0.677. The molecule has 1 heterocycles. The third-order valence-corrected chi connectivity index (χ3v) is 2.83. The zero-order chi connectivity index (χ0) is 11.4. The first-order valence-corrected chi connectivity index (χ1v) is 5.86. The first-order chi connectivity index (χ1) is 7.75. The van der Waals surface area contributed by atoms with E-state index in [0.29, 0.717) is 6.54 Å². The van der Waals surface area contributed by atoms with Crippen LogP contribution < -0.4 is 5.32 Å². The molecule has 0 atom stereocenters. The van der Waals surface area contributed by atoms with E-state index in [9.17, 15) is 0 Å². The second kappa shape index (κ2) is 5.27. The summed E-state index contributed by atoms with van der Waals surface area (Å²) < 4.78 is 0.844. The molecular formula is C11H9BrClN3. The highest BCUT2D eigenvalue weighted by atomic mass is 79.9. The molecule has 16 heavy (non-hydrogen) atoms. The molecular weight excluding hydrogens is 289 g/mol. The van der Waals surface area contributed by atoms with Gasteiger partial charge >= 0.3 is 0 Å². The Labute approximate surface area is 107 Å². The van der Waals surface area contributed by atoms with E-state index in [1.807, 2.05) is 24.3 Å². The molecule has 5 heteroatoms. The van der Waals surface area contributed by atoms with Crippen LogP contribution >= 0.6 is 27.5 Å². The Kier molecular flexibility index (Phi) is 3.74. The lowest BCUT2D eigenvalue weighted by molar-refractivity contribution is 1.07. The van der Waals surface area contributed by atoms with Crippen molar-refractivity contribution in [2.24, 2.45) is 0 Å². The van der Waals surface area contributed by atoms with Gasteiger partial charge in [-0.15, -0.1) is 0 Å². The highest BCUT2D eigenvalue weighted by Crippen LogP contribution is 2.18. The molecule has 1 N–H and O–H groups in total.